The van der Waals surface area contributed by atoms with Crippen LogP contribution in [0.1, 0.15) is 21.5 Å². The van der Waals surface area contributed by atoms with Crippen molar-refractivity contribution in [2.75, 3.05) is 4.90 Å². The molecule has 106 valence electrons. The highest BCUT2D eigenvalue weighted by atomic mass is 19.1. The number of ketones is 1. The van der Waals surface area contributed by atoms with Crippen LogP contribution in [0.2, 0.25) is 0 Å². The van der Waals surface area contributed by atoms with Gasteiger partial charge in [0.25, 0.3) is 11.7 Å². The van der Waals surface area contributed by atoms with E-state index in [1.165, 1.54) is 24.3 Å². The summed E-state index contributed by atoms with van der Waals surface area (Å²) in [7, 11) is 0. The Hall–Kier alpha value is -2.69. The number of hydrogen-bond donors (Lipinski definition) is 1. The van der Waals surface area contributed by atoms with Crippen molar-refractivity contribution in [1.29, 1.82) is 0 Å². The molecule has 0 saturated heterocycles. The highest BCUT2D eigenvalue weighted by Gasteiger charge is 2.38. The first-order valence-electron chi connectivity index (χ1n) is 6.41. The zero-order valence-electron chi connectivity index (χ0n) is 11.3. The Kier molecular flexibility index (Phi) is 2.97. The third kappa shape index (κ3) is 2.16. The Morgan fingerprint density at radius 2 is 1.95 bits per heavy atom. The van der Waals surface area contributed by atoms with Crippen molar-refractivity contribution in [3.05, 3.63) is 58.9 Å². The number of benzene rings is 2. The van der Waals surface area contributed by atoms with Gasteiger partial charge in [0.05, 0.1) is 17.8 Å². The van der Waals surface area contributed by atoms with Gasteiger partial charge in [-0.15, -0.1) is 0 Å². The second kappa shape index (κ2) is 4.70. The van der Waals surface area contributed by atoms with E-state index in [9.17, 15) is 19.1 Å². The molecule has 0 fully saturated rings. The van der Waals surface area contributed by atoms with Gasteiger partial charge < -0.3 is 5.11 Å². The normalized spacial score (nSPS) is 13.7. The molecule has 2 aromatic rings. The Morgan fingerprint density at radius 3 is 2.67 bits per heavy atom. The van der Waals surface area contributed by atoms with Crippen LogP contribution in [0.25, 0.3) is 0 Å². The molecule has 2 aromatic carbocycles. The lowest BCUT2D eigenvalue weighted by molar-refractivity contribution is -0.114. The average Bonchev–Trinajstić information content (AvgIpc) is 2.64. The minimum absolute atomic E-state index is 0.0129. The lowest BCUT2D eigenvalue weighted by Gasteiger charge is -2.17. The molecule has 1 heterocycles. The molecule has 0 unspecified atom stereocenters. The number of hydrogen-bond acceptors (Lipinski definition) is 3. The number of anilines is 1. The molecule has 0 saturated carbocycles. The molecule has 0 aliphatic carbocycles. The van der Waals surface area contributed by atoms with E-state index in [1.807, 2.05) is 0 Å². The van der Waals surface area contributed by atoms with Crippen LogP contribution in [0, 0.1) is 12.7 Å². The summed E-state index contributed by atoms with van der Waals surface area (Å²) in [5, 5.41) is 9.45. The fourth-order valence-corrected chi connectivity index (χ4v) is 2.51. The van der Waals surface area contributed by atoms with Gasteiger partial charge in [-0.2, -0.15) is 0 Å². The van der Waals surface area contributed by atoms with Crippen molar-refractivity contribution in [2.45, 2.75) is 13.5 Å². The smallest absolute Gasteiger partial charge is 0.299 e. The number of nitrogens with zero attached hydrogens (tertiary/aromatic N) is 1. The minimum atomic E-state index is -0.752. The highest BCUT2D eigenvalue weighted by Crippen LogP contribution is 2.34. The van der Waals surface area contributed by atoms with E-state index in [2.05, 4.69) is 0 Å². The topological polar surface area (TPSA) is 57.6 Å². The van der Waals surface area contributed by atoms with E-state index in [0.717, 1.165) is 4.90 Å². The molecule has 3 rings (SSSR count). The SMILES string of the molecule is Cc1cc(F)c2c(c1)C(=O)C(=O)N2Cc1cccc(O)c1. The fourth-order valence-electron chi connectivity index (χ4n) is 2.51. The maximum Gasteiger partial charge on any atom is 0.299 e. The van der Waals surface area contributed by atoms with Crippen LogP contribution in [-0.2, 0) is 11.3 Å². The van der Waals surface area contributed by atoms with Crippen LogP contribution in [0.15, 0.2) is 36.4 Å². The third-order valence-electron chi connectivity index (χ3n) is 3.41. The summed E-state index contributed by atoms with van der Waals surface area (Å²) in [5.41, 5.74) is 1.31. The van der Waals surface area contributed by atoms with E-state index in [-0.39, 0.29) is 23.5 Å². The van der Waals surface area contributed by atoms with Gasteiger partial charge in [0.1, 0.15) is 11.6 Å². The minimum Gasteiger partial charge on any atom is -0.508 e. The van der Waals surface area contributed by atoms with Gasteiger partial charge in [-0.1, -0.05) is 12.1 Å². The number of Topliss-reactive ketones (excluding diaryl/α,β-unsaturated/α-hetero) is 1. The number of carbonyl (C=O) groups excluding carboxylic acids is 2. The van der Waals surface area contributed by atoms with E-state index < -0.39 is 17.5 Å². The molecule has 5 heteroatoms. The summed E-state index contributed by atoms with van der Waals surface area (Å²) in [6.07, 6.45) is 0. The number of aromatic hydroxyl groups is 1. The molecule has 0 bridgehead atoms. The van der Waals surface area contributed by atoms with Crippen molar-refractivity contribution < 1.29 is 19.1 Å². The van der Waals surface area contributed by atoms with Crippen molar-refractivity contribution in [3.63, 3.8) is 0 Å². The first-order chi connectivity index (χ1) is 9.97. The standard InChI is InChI=1S/C16H12FNO3/c1-9-5-12-14(13(17)6-9)18(16(21)15(12)20)8-10-3-2-4-11(19)7-10/h2-7,19H,8H2,1H3. The second-order valence-electron chi connectivity index (χ2n) is 5.03. The lowest BCUT2D eigenvalue weighted by Crippen LogP contribution is -2.29. The van der Waals surface area contributed by atoms with Gasteiger partial charge in [0.15, 0.2) is 0 Å². The van der Waals surface area contributed by atoms with Crippen LogP contribution >= 0.6 is 0 Å². The van der Waals surface area contributed by atoms with Gasteiger partial charge in [-0.25, -0.2) is 4.39 Å². The Morgan fingerprint density at radius 1 is 1.19 bits per heavy atom. The van der Waals surface area contributed by atoms with Crippen molar-refractivity contribution in [2.24, 2.45) is 0 Å². The number of aryl methyl sites for hydroxylation is 1. The molecule has 4 nitrogen and oxygen atoms in total. The predicted octanol–water partition coefficient (Wildman–Crippen LogP) is 2.57. The third-order valence-corrected chi connectivity index (χ3v) is 3.41. The average molecular weight is 285 g/mol. The number of rotatable bonds is 2. The second-order valence-corrected chi connectivity index (χ2v) is 5.03. The predicted molar refractivity (Wildman–Crippen MR) is 74.8 cm³/mol. The molecule has 1 aliphatic heterocycles. The van der Waals surface area contributed by atoms with Crippen LogP contribution < -0.4 is 4.90 Å². The summed E-state index contributed by atoms with van der Waals surface area (Å²) in [6.45, 7) is 1.70. The molecule has 1 amide bonds. The van der Waals surface area contributed by atoms with Crippen molar-refractivity contribution >= 4 is 17.4 Å². The number of fused-ring (bicyclic) bond motifs is 1. The largest absolute Gasteiger partial charge is 0.508 e. The molecule has 21 heavy (non-hydrogen) atoms. The maximum absolute atomic E-state index is 14.1. The molecular formula is C16H12FNO3. The zero-order valence-corrected chi connectivity index (χ0v) is 11.3. The summed E-state index contributed by atoms with van der Waals surface area (Å²) < 4.78 is 14.1. The first-order valence-corrected chi connectivity index (χ1v) is 6.41. The van der Waals surface area contributed by atoms with Crippen LogP contribution in [0.3, 0.4) is 0 Å². The van der Waals surface area contributed by atoms with Gasteiger partial charge in [0, 0.05) is 0 Å². The molecular weight excluding hydrogens is 273 g/mol. The van der Waals surface area contributed by atoms with Crippen LogP contribution in [0.4, 0.5) is 10.1 Å². The lowest BCUT2D eigenvalue weighted by atomic mass is 10.1. The quantitative estimate of drug-likeness (QED) is 0.863. The summed E-state index contributed by atoms with van der Waals surface area (Å²) >= 11 is 0. The summed E-state index contributed by atoms with van der Waals surface area (Å²) in [5.74, 6) is -2.00. The summed E-state index contributed by atoms with van der Waals surface area (Å²) in [4.78, 5) is 25.1. The molecule has 1 N–H and O–H groups in total. The zero-order chi connectivity index (χ0) is 15.1. The van der Waals surface area contributed by atoms with Crippen molar-refractivity contribution in [3.8, 4) is 5.75 Å². The molecule has 0 radical (unpaired) electrons. The van der Waals surface area contributed by atoms with E-state index in [1.54, 1.807) is 19.1 Å². The maximum atomic E-state index is 14.1. The number of phenols is 1. The van der Waals surface area contributed by atoms with Crippen LogP contribution in [-0.4, -0.2) is 16.8 Å². The van der Waals surface area contributed by atoms with Crippen molar-refractivity contribution in [1.82, 2.24) is 0 Å². The van der Waals surface area contributed by atoms with E-state index in [4.69, 9.17) is 0 Å². The highest BCUT2D eigenvalue weighted by molar-refractivity contribution is 6.52. The summed E-state index contributed by atoms with van der Waals surface area (Å²) in [6, 6.07) is 9.10. The number of phenolic OH excluding ortho intramolecular Hbond substituents is 1. The molecule has 0 spiro atoms. The van der Waals surface area contributed by atoms with Crippen LogP contribution in [0.5, 0.6) is 5.75 Å². The van der Waals surface area contributed by atoms with E-state index in [0.29, 0.717) is 11.1 Å². The van der Waals surface area contributed by atoms with E-state index >= 15 is 0 Å². The first kappa shape index (κ1) is 13.3. The Labute approximate surface area is 120 Å². The monoisotopic (exact) mass is 285 g/mol. The van der Waals surface area contributed by atoms with Gasteiger partial charge in [-0.3, -0.25) is 14.5 Å². The fraction of sp³-hybridized carbons (Fsp3) is 0.125. The van der Waals surface area contributed by atoms with Gasteiger partial charge >= 0.3 is 0 Å². The Balaban J connectivity index is 2.05. The molecule has 1 aliphatic rings. The molecule has 0 atom stereocenters. The number of carbonyl (C=O) groups is 2. The van der Waals surface area contributed by atoms with Gasteiger partial charge in [-0.05, 0) is 42.3 Å². The number of halogens is 1. The number of amides is 1. The molecule has 0 aromatic heterocycles. The van der Waals surface area contributed by atoms with Gasteiger partial charge in [0.2, 0.25) is 0 Å². The Bertz CT molecular complexity index is 770.